The summed E-state index contributed by atoms with van der Waals surface area (Å²) < 4.78 is 1.58. The van der Waals surface area contributed by atoms with Gasteiger partial charge in [-0.1, -0.05) is 11.6 Å². The first kappa shape index (κ1) is 18.4. The molecule has 0 aliphatic carbocycles. The molecule has 26 heavy (non-hydrogen) atoms. The highest BCUT2D eigenvalue weighted by Gasteiger charge is 2.20. The number of amides is 2. The maximum atomic E-state index is 12.6. The minimum atomic E-state index is -0.649. The highest BCUT2D eigenvalue weighted by Crippen LogP contribution is 2.16. The Morgan fingerprint density at radius 3 is 2.65 bits per heavy atom. The third kappa shape index (κ3) is 3.72. The van der Waals surface area contributed by atoms with Gasteiger partial charge in [0.25, 0.3) is 5.91 Å². The predicted octanol–water partition coefficient (Wildman–Crippen LogP) is 1.81. The molecule has 2 heterocycles. The second-order valence-corrected chi connectivity index (χ2v) is 6.72. The number of carbonyl (C=O) groups excluding carboxylic acids is 2. The minimum Gasteiger partial charge on any atom is -0.341 e. The predicted molar refractivity (Wildman–Crippen MR) is 99.5 cm³/mol. The summed E-state index contributed by atoms with van der Waals surface area (Å²) in [4.78, 5) is 39.0. The second-order valence-electron chi connectivity index (χ2n) is 6.28. The van der Waals surface area contributed by atoms with Crippen LogP contribution in [0.25, 0.3) is 10.9 Å². The smallest absolute Gasteiger partial charge is 0.276 e. The van der Waals surface area contributed by atoms with Gasteiger partial charge >= 0.3 is 0 Å². The Morgan fingerprint density at radius 1 is 1.23 bits per heavy atom. The van der Waals surface area contributed by atoms with Gasteiger partial charge < -0.3 is 10.2 Å². The van der Waals surface area contributed by atoms with E-state index in [0.717, 1.165) is 19.3 Å². The highest BCUT2D eigenvalue weighted by molar-refractivity contribution is 6.31. The lowest BCUT2D eigenvalue weighted by atomic mass is 10.1. The average molecular weight is 377 g/mol. The summed E-state index contributed by atoms with van der Waals surface area (Å²) in [5.74, 6) is -0.790. The van der Waals surface area contributed by atoms with E-state index in [4.69, 9.17) is 11.6 Å². The van der Waals surface area contributed by atoms with E-state index >= 15 is 0 Å². The van der Waals surface area contributed by atoms with Gasteiger partial charge in [-0.3, -0.25) is 19.1 Å². The van der Waals surface area contributed by atoms with Crippen molar-refractivity contribution in [1.29, 1.82) is 0 Å². The molecule has 3 rings (SSSR count). The fraction of sp³-hybridized carbons (Fsp3) is 0.444. The number of carbonyl (C=O) groups is 2. The molecule has 2 aromatic rings. The zero-order valence-electron chi connectivity index (χ0n) is 14.6. The Bertz CT molecular complexity index is 903. The third-order valence-electron chi connectivity index (χ3n) is 4.54. The lowest BCUT2D eigenvalue weighted by Crippen LogP contribution is -2.43. The summed E-state index contributed by atoms with van der Waals surface area (Å²) in [7, 11) is 0. The molecule has 0 bridgehead atoms. The molecule has 0 saturated carbocycles. The normalized spacial score (nSPS) is 14.5. The van der Waals surface area contributed by atoms with Gasteiger partial charge in [0.05, 0.1) is 17.4 Å². The molecule has 138 valence electrons. The Morgan fingerprint density at radius 2 is 1.96 bits per heavy atom. The number of aromatic nitrogens is 2. The molecule has 0 radical (unpaired) electrons. The van der Waals surface area contributed by atoms with Crippen LogP contribution in [0.5, 0.6) is 0 Å². The number of nitrogens with zero attached hydrogens (tertiary/aromatic N) is 3. The van der Waals surface area contributed by atoms with Crippen LogP contribution < -0.4 is 10.7 Å². The van der Waals surface area contributed by atoms with E-state index in [2.05, 4.69) is 10.4 Å². The van der Waals surface area contributed by atoms with Crippen LogP contribution in [0.15, 0.2) is 23.0 Å². The molecule has 1 N–H and O–H groups in total. The van der Waals surface area contributed by atoms with Gasteiger partial charge in [-0.25, -0.2) is 0 Å². The maximum absolute atomic E-state index is 12.6. The molecular formula is C18H21ClN4O3. The Balaban J connectivity index is 1.82. The molecule has 1 fully saturated rings. The Labute approximate surface area is 155 Å². The van der Waals surface area contributed by atoms with Crippen LogP contribution in [0.1, 0.15) is 36.7 Å². The number of fused-ring (bicyclic) bond motifs is 1. The summed E-state index contributed by atoms with van der Waals surface area (Å²) in [6.45, 7) is 3.65. The molecule has 8 heteroatoms. The van der Waals surface area contributed by atoms with E-state index in [0.29, 0.717) is 35.6 Å². The molecule has 1 aliphatic heterocycles. The number of hydrogen-bond acceptors (Lipinski definition) is 4. The number of piperidine rings is 1. The van der Waals surface area contributed by atoms with Crippen molar-refractivity contribution in [1.82, 2.24) is 20.0 Å². The molecule has 0 atom stereocenters. The topological polar surface area (TPSA) is 84.3 Å². The first-order valence-corrected chi connectivity index (χ1v) is 9.15. The molecule has 2 amide bonds. The van der Waals surface area contributed by atoms with Crippen LogP contribution in [0.2, 0.25) is 5.02 Å². The highest BCUT2D eigenvalue weighted by atomic mass is 35.5. The number of likely N-dealkylation sites (tertiary alicyclic amines) is 1. The number of hydrogen-bond donors (Lipinski definition) is 1. The summed E-state index contributed by atoms with van der Waals surface area (Å²) in [6, 6.07) is 4.91. The number of aryl methyl sites for hydroxylation is 1. The van der Waals surface area contributed by atoms with Crippen LogP contribution in [-0.2, 0) is 11.3 Å². The van der Waals surface area contributed by atoms with Gasteiger partial charge in [0.1, 0.15) is 0 Å². The third-order valence-corrected chi connectivity index (χ3v) is 4.78. The lowest BCUT2D eigenvalue weighted by molar-refractivity contribution is -0.130. The minimum absolute atomic E-state index is 0.139. The van der Waals surface area contributed by atoms with Crippen molar-refractivity contribution >= 4 is 34.3 Å². The standard InChI is InChI=1S/C18H21ClN4O3/c1-2-23-14-7-6-12(19)10-13(14)17(25)16(21-23)18(26)20-11-15(24)22-8-4-3-5-9-22/h6-7,10H,2-5,8-9,11H2,1H3,(H,20,26). The lowest BCUT2D eigenvalue weighted by Gasteiger charge is -2.26. The summed E-state index contributed by atoms with van der Waals surface area (Å²) >= 11 is 5.99. The Kier molecular flexibility index (Phi) is 5.56. The van der Waals surface area contributed by atoms with Crippen LogP contribution in [0.4, 0.5) is 0 Å². The Hall–Kier alpha value is -2.41. The zero-order chi connectivity index (χ0) is 18.7. The van der Waals surface area contributed by atoms with Crippen LogP contribution >= 0.6 is 11.6 Å². The first-order chi connectivity index (χ1) is 12.5. The quantitative estimate of drug-likeness (QED) is 0.882. The van der Waals surface area contributed by atoms with Gasteiger partial charge in [-0.15, -0.1) is 0 Å². The largest absolute Gasteiger partial charge is 0.341 e. The van der Waals surface area contributed by atoms with Gasteiger partial charge in [0.2, 0.25) is 11.3 Å². The SMILES string of the molecule is CCn1nc(C(=O)NCC(=O)N2CCCCC2)c(=O)c2cc(Cl)ccc21. The van der Waals surface area contributed by atoms with Gasteiger partial charge in [-0.05, 0) is 44.4 Å². The maximum Gasteiger partial charge on any atom is 0.276 e. The molecule has 1 aromatic carbocycles. The molecule has 7 nitrogen and oxygen atoms in total. The van der Waals surface area contributed by atoms with E-state index < -0.39 is 11.3 Å². The number of rotatable bonds is 4. The van der Waals surface area contributed by atoms with E-state index in [9.17, 15) is 14.4 Å². The fourth-order valence-electron chi connectivity index (χ4n) is 3.15. The summed E-state index contributed by atoms with van der Waals surface area (Å²) in [6.07, 6.45) is 3.08. The summed E-state index contributed by atoms with van der Waals surface area (Å²) in [5, 5.41) is 7.44. The van der Waals surface area contributed by atoms with Crippen molar-refractivity contribution in [3.8, 4) is 0 Å². The number of benzene rings is 1. The van der Waals surface area contributed by atoms with Crippen molar-refractivity contribution in [3.63, 3.8) is 0 Å². The molecule has 0 spiro atoms. The molecule has 1 aromatic heterocycles. The van der Waals surface area contributed by atoms with Crippen LogP contribution in [0, 0.1) is 0 Å². The van der Waals surface area contributed by atoms with Crippen molar-refractivity contribution in [2.45, 2.75) is 32.7 Å². The van der Waals surface area contributed by atoms with Gasteiger partial charge in [0.15, 0.2) is 5.69 Å². The second kappa shape index (κ2) is 7.86. The van der Waals surface area contributed by atoms with Gasteiger partial charge in [-0.2, -0.15) is 5.10 Å². The van der Waals surface area contributed by atoms with E-state index in [1.165, 1.54) is 6.07 Å². The van der Waals surface area contributed by atoms with E-state index in [-0.39, 0.29) is 18.1 Å². The average Bonchev–Trinajstić information content (AvgIpc) is 2.67. The van der Waals surface area contributed by atoms with Gasteiger partial charge in [0, 0.05) is 24.7 Å². The van der Waals surface area contributed by atoms with Crippen molar-refractivity contribution in [3.05, 3.63) is 39.1 Å². The van der Waals surface area contributed by atoms with E-state index in [1.54, 1.807) is 21.7 Å². The van der Waals surface area contributed by atoms with E-state index in [1.807, 2.05) is 6.92 Å². The molecule has 1 saturated heterocycles. The molecular weight excluding hydrogens is 356 g/mol. The first-order valence-electron chi connectivity index (χ1n) is 8.77. The number of halogens is 1. The van der Waals surface area contributed by atoms with Crippen LogP contribution in [-0.4, -0.2) is 46.1 Å². The number of nitrogens with one attached hydrogen (secondary N) is 1. The summed E-state index contributed by atoms with van der Waals surface area (Å²) in [5.41, 5.74) is -0.106. The monoisotopic (exact) mass is 376 g/mol. The van der Waals surface area contributed by atoms with Crippen molar-refractivity contribution in [2.24, 2.45) is 0 Å². The van der Waals surface area contributed by atoms with Crippen LogP contribution in [0.3, 0.4) is 0 Å². The zero-order valence-corrected chi connectivity index (χ0v) is 15.4. The fourth-order valence-corrected chi connectivity index (χ4v) is 3.32. The van der Waals surface area contributed by atoms with Crippen molar-refractivity contribution in [2.75, 3.05) is 19.6 Å². The van der Waals surface area contributed by atoms with Crippen molar-refractivity contribution < 1.29 is 9.59 Å². The molecule has 0 unspecified atom stereocenters. The molecule has 1 aliphatic rings.